The fraction of sp³-hybridized carbons (Fsp3) is 0.167. The van der Waals surface area contributed by atoms with Gasteiger partial charge in [0.25, 0.3) is 0 Å². The maximum Gasteiger partial charge on any atom is 0.223 e. The molecule has 0 amide bonds. The van der Waals surface area contributed by atoms with E-state index >= 15 is 0 Å². The summed E-state index contributed by atoms with van der Waals surface area (Å²) in [6.45, 7) is 2.13. The first-order valence-corrected chi connectivity index (χ1v) is 11.0. The lowest BCUT2D eigenvalue weighted by Gasteiger charge is -2.05. The summed E-state index contributed by atoms with van der Waals surface area (Å²) < 4.78 is 4.65. The lowest BCUT2D eigenvalue weighted by atomic mass is 10.2. The Morgan fingerprint density at radius 3 is 2.47 bits per heavy atom. The molecule has 152 valence electrons. The van der Waals surface area contributed by atoms with Gasteiger partial charge in [-0.25, -0.2) is 4.68 Å². The second kappa shape index (κ2) is 8.82. The summed E-state index contributed by atoms with van der Waals surface area (Å²) in [5, 5.41) is 20.4. The van der Waals surface area contributed by atoms with Crippen LogP contribution in [0.2, 0.25) is 0 Å². The minimum Gasteiger partial charge on any atom is -0.298 e. The highest BCUT2D eigenvalue weighted by atomic mass is 79.9. The van der Waals surface area contributed by atoms with E-state index in [0.717, 1.165) is 24.5 Å². The number of hydrogen-bond donors (Lipinski definition) is 0. The Kier molecular flexibility index (Phi) is 6.16. The van der Waals surface area contributed by atoms with E-state index in [1.165, 1.54) is 11.7 Å². The van der Waals surface area contributed by atoms with Crippen molar-refractivity contribution in [3.8, 4) is 22.8 Å². The van der Waals surface area contributed by atoms with Gasteiger partial charge in [-0.1, -0.05) is 5.21 Å². The topological polar surface area (TPSA) is 104 Å². The molecule has 3 aromatic heterocycles. The van der Waals surface area contributed by atoms with E-state index in [9.17, 15) is 4.79 Å². The van der Waals surface area contributed by atoms with Crippen LogP contribution in [-0.2, 0) is 17.9 Å². The van der Waals surface area contributed by atoms with Crippen molar-refractivity contribution < 1.29 is 4.79 Å². The first kappa shape index (κ1) is 20.9. The number of ketones is 1. The molecule has 0 spiro atoms. The van der Waals surface area contributed by atoms with Crippen LogP contribution in [0.25, 0.3) is 22.8 Å². The number of nitrogens with zero attached hydrogens (tertiary/aromatic N) is 8. The molecule has 9 nitrogen and oxygen atoms in total. The minimum absolute atomic E-state index is 0.0480. The zero-order valence-corrected chi connectivity index (χ0v) is 20.3. The molecule has 4 rings (SSSR count). The normalized spacial score (nSPS) is 11.1. The van der Waals surface area contributed by atoms with Crippen LogP contribution in [0.5, 0.6) is 0 Å². The van der Waals surface area contributed by atoms with Crippen molar-refractivity contribution in [2.24, 2.45) is 0 Å². The number of carbonyl (C=O) groups excluding carboxylic acids is 1. The SMILES string of the molecule is CC(=O)Cn1nnc(-c2ccc(-c3cn(Cc4cc(Br)c(Br)c(Br)c4)nn3)cn2)n1. The molecule has 3 heterocycles. The van der Waals surface area contributed by atoms with Gasteiger partial charge in [-0.3, -0.25) is 9.78 Å². The second-order valence-corrected chi connectivity index (χ2v) is 8.95. The number of hydrogen-bond acceptors (Lipinski definition) is 7. The van der Waals surface area contributed by atoms with E-state index in [1.54, 1.807) is 16.9 Å². The largest absolute Gasteiger partial charge is 0.298 e. The van der Waals surface area contributed by atoms with E-state index in [2.05, 4.69) is 78.5 Å². The van der Waals surface area contributed by atoms with Gasteiger partial charge >= 0.3 is 0 Å². The highest BCUT2D eigenvalue weighted by molar-refractivity contribution is 9.14. The van der Waals surface area contributed by atoms with Gasteiger partial charge in [0, 0.05) is 25.2 Å². The third kappa shape index (κ3) is 4.71. The Labute approximate surface area is 196 Å². The average molecular weight is 597 g/mol. The molecule has 0 radical (unpaired) electrons. The highest BCUT2D eigenvalue weighted by Gasteiger charge is 2.11. The van der Waals surface area contributed by atoms with Crippen LogP contribution in [0.3, 0.4) is 0 Å². The zero-order chi connectivity index (χ0) is 21.3. The highest BCUT2D eigenvalue weighted by Crippen LogP contribution is 2.32. The zero-order valence-electron chi connectivity index (χ0n) is 15.5. The summed E-state index contributed by atoms with van der Waals surface area (Å²) in [5.74, 6) is 0.311. The summed E-state index contributed by atoms with van der Waals surface area (Å²) >= 11 is 10.6. The number of rotatable bonds is 6. The summed E-state index contributed by atoms with van der Waals surface area (Å²) in [5.41, 5.74) is 3.16. The molecule has 0 atom stereocenters. The van der Waals surface area contributed by atoms with E-state index in [4.69, 9.17) is 0 Å². The van der Waals surface area contributed by atoms with Gasteiger partial charge in [-0.2, -0.15) is 4.80 Å². The quantitative estimate of drug-likeness (QED) is 0.311. The Balaban J connectivity index is 1.50. The Morgan fingerprint density at radius 1 is 1.03 bits per heavy atom. The van der Waals surface area contributed by atoms with Crippen LogP contribution in [0.1, 0.15) is 12.5 Å². The second-order valence-electron chi connectivity index (χ2n) is 6.45. The molecule has 0 saturated heterocycles. The lowest BCUT2D eigenvalue weighted by Crippen LogP contribution is -2.09. The number of pyridine rings is 1. The monoisotopic (exact) mass is 594 g/mol. The summed E-state index contributed by atoms with van der Waals surface area (Å²) in [4.78, 5) is 16.8. The molecule has 4 aromatic rings. The Morgan fingerprint density at radius 2 is 1.80 bits per heavy atom. The molecular weight excluding hydrogens is 584 g/mol. The maximum atomic E-state index is 11.2. The molecule has 0 aliphatic carbocycles. The first-order chi connectivity index (χ1) is 14.4. The molecule has 0 N–H and O–H groups in total. The number of carbonyl (C=O) groups is 1. The lowest BCUT2D eigenvalue weighted by molar-refractivity contribution is -0.117. The fourth-order valence-corrected chi connectivity index (χ4v) is 4.19. The summed E-state index contributed by atoms with van der Waals surface area (Å²) in [6, 6.07) is 7.71. The minimum atomic E-state index is -0.0480. The standard InChI is InChI=1S/C18H13Br3N8O/c1-10(30)7-29-25-18(24-27-29)15-3-2-12(6-22-15)16-9-28(26-23-16)8-11-4-13(19)17(21)14(20)5-11/h2-6,9H,7-8H2,1H3. The average Bonchev–Trinajstić information content (AvgIpc) is 3.35. The number of aromatic nitrogens is 8. The van der Waals surface area contributed by atoms with Gasteiger partial charge in [-0.15, -0.1) is 15.3 Å². The molecule has 30 heavy (non-hydrogen) atoms. The van der Waals surface area contributed by atoms with Crippen LogP contribution in [0.4, 0.5) is 0 Å². The van der Waals surface area contributed by atoms with Crippen molar-refractivity contribution >= 4 is 53.6 Å². The predicted octanol–water partition coefficient (Wildman–Crippen LogP) is 3.92. The van der Waals surface area contributed by atoms with Gasteiger partial charge in [-0.05, 0) is 89.8 Å². The Hall–Kier alpha value is -2.31. The fourth-order valence-electron chi connectivity index (χ4n) is 2.68. The molecular formula is C18H13Br3N8O. The molecule has 0 aliphatic heterocycles. The molecule has 0 saturated carbocycles. The van der Waals surface area contributed by atoms with Crippen LogP contribution in [-0.4, -0.2) is 46.0 Å². The molecule has 0 bridgehead atoms. The van der Waals surface area contributed by atoms with Crippen molar-refractivity contribution in [1.82, 2.24) is 40.2 Å². The van der Waals surface area contributed by atoms with E-state index in [-0.39, 0.29) is 12.3 Å². The molecule has 0 fully saturated rings. The van der Waals surface area contributed by atoms with Gasteiger partial charge < -0.3 is 0 Å². The molecule has 0 unspecified atom stereocenters. The summed E-state index contributed by atoms with van der Waals surface area (Å²) in [7, 11) is 0. The van der Waals surface area contributed by atoms with Crippen LogP contribution in [0.15, 0.2) is 50.1 Å². The predicted molar refractivity (Wildman–Crippen MR) is 119 cm³/mol. The van der Waals surface area contributed by atoms with E-state index in [0.29, 0.717) is 23.8 Å². The third-order valence-electron chi connectivity index (χ3n) is 4.03. The number of benzene rings is 1. The third-order valence-corrected chi connectivity index (χ3v) is 7.20. The maximum absolute atomic E-state index is 11.2. The molecule has 0 aliphatic rings. The van der Waals surface area contributed by atoms with Crippen LogP contribution in [0, 0.1) is 0 Å². The van der Waals surface area contributed by atoms with E-state index in [1.807, 2.05) is 24.4 Å². The summed E-state index contributed by atoms with van der Waals surface area (Å²) in [6.07, 6.45) is 3.55. The van der Waals surface area contributed by atoms with Crippen molar-refractivity contribution in [3.05, 3.63) is 55.6 Å². The number of tetrazole rings is 1. The molecule has 12 heteroatoms. The smallest absolute Gasteiger partial charge is 0.223 e. The number of halogens is 3. The van der Waals surface area contributed by atoms with Crippen molar-refractivity contribution in [2.75, 3.05) is 0 Å². The Bertz CT molecular complexity index is 1200. The van der Waals surface area contributed by atoms with Crippen LogP contribution < -0.4 is 0 Å². The van der Waals surface area contributed by atoms with Crippen molar-refractivity contribution in [1.29, 1.82) is 0 Å². The van der Waals surface area contributed by atoms with Gasteiger partial charge in [0.15, 0.2) is 5.78 Å². The van der Waals surface area contributed by atoms with E-state index < -0.39 is 0 Å². The number of Topliss-reactive ketones (excluding diaryl/α,β-unsaturated/α-hetero) is 1. The van der Waals surface area contributed by atoms with Crippen LogP contribution >= 0.6 is 47.8 Å². The molecule has 1 aromatic carbocycles. The van der Waals surface area contributed by atoms with Gasteiger partial charge in [0.2, 0.25) is 5.82 Å². The van der Waals surface area contributed by atoms with Crippen molar-refractivity contribution in [3.63, 3.8) is 0 Å². The van der Waals surface area contributed by atoms with Gasteiger partial charge in [0.1, 0.15) is 17.9 Å². The van der Waals surface area contributed by atoms with Crippen molar-refractivity contribution in [2.45, 2.75) is 20.0 Å². The van der Waals surface area contributed by atoms with Gasteiger partial charge in [0.05, 0.1) is 12.7 Å². The first-order valence-electron chi connectivity index (χ1n) is 8.66.